The first kappa shape index (κ1) is 79.0. The zero-order valence-corrected chi connectivity index (χ0v) is 64.5. The Labute approximate surface area is 651 Å². The van der Waals surface area contributed by atoms with Crippen LogP contribution in [-0.4, -0.2) is 203 Å². The van der Waals surface area contributed by atoms with Gasteiger partial charge in [0.25, 0.3) is 0 Å². The van der Waals surface area contributed by atoms with Crippen LogP contribution in [0.3, 0.4) is 0 Å². The number of fused-ring (bicyclic) bond motifs is 6. The summed E-state index contributed by atoms with van der Waals surface area (Å²) < 4.78 is 5.44. The molecule has 3 unspecified atom stereocenters. The lowest BCUT2D eigenvalue weighted by Gasteiger charge is -2.40. The van der Waals surface area contributed by atoms with Gasteiger partial charge in [0.15, 0.2) is 0 Å². The number of hydrogen-bond acceptors (Lipinski definition) is 18. The van der Waals surface area contributed by atoms with Gasteiger partial charge in [0.05, 0.1) is 105 Å². The third kappa shape index (κ3) is 15.8. The molecule has 0 radical (unpaired) electrons. The second kappa shape index (κ2) is 32.2. The fourth-order valence-corrected chi connectivity index (χ4v) is 16.9. The molecule has 3 fully saturated rings. The summed E-state index contributed by atoms with van der Waals surface area (Å²) in [4.78, 5) is 40.5. The smallest absolute Gasteiger partial charge is 0.376 e. The zero-order chi connectivity index (χ0) is 74.7. The van der Waals surface area contributed by atoms with Gasteiger partial charge >= 0.3 is 21.2 Å². The molecule has 3 saturated heterocycles. The number of aliphatic hydroxyl groups is 3. The number of aryl methyl sites for hydroxylation is 3. The summed E-state index contributed by atoms with van der Waals surface area (Å²) in [5.74, 6) is 0. The maximum atomic E-state index is 11.9. The molecule has 554 valence electrons. The van der Waals surface area contributed by atoms with Crippen molar-refractivity contribution in [2.75, 3.05) is 78.5 Å². The molecule has 6 aromatic heterocycles. The monoisotopic (exact) mass is 1550 g/mol. The standard InChI is InChI=1S/3C25H28BCl2N5O2.CH4/c3*1-25(34,22-14-29-15-31(22)3)21-11-16-10-17(27)4-5-19(16)24(23-20(21)12-18(28)13-30-23)32-6-8-33(9-7-32)26(2)35;/h3*4-5,10-15,24,34-35H,6-9H2,1-3H3;1H4/t3*24-,25?;/m111./s1. The van der Waals surface area contributed by atoms with Crippen LogP contribution in [0.2, 0.25) is 50.6 Å². The molecule has 0 spiro atoms. The molecule has 9 aromatic rings. The summed E-state index contributed by atoms with van der Waals surface area (Å²) in [6, 6.07) is 22.8. The van der Waals surface area contributed by atoms with Gasteiger partial charge in [0.1, 0.15) is 16.8 Å². The number of nitrogens with zero attached hydrogens (tertiary/aromatic N) is 15. The van der Waals surface area contributed by atoms with E-state index < -0.39 is 38.0 Å². The van der Waals surface area contributed by atoms with Gasteiger partial charge in [0, 0.05) is 150 Å². The first-order valence-corrected chi connectivity index (χ1v) is 37.3. The van der Waals surface area contributed by atoms with Crippen LogP contribution in [0.15, 0.2) is 129 Å². The van der Waals surface area contributed by atoms with E-state index in [4.69, 9.17) is 84.6 Å². The van der Waals surface area contributed by atoms with E-state index in [1.807, 2.05) is 126 Å². The summed E-state index contributed by atoms with van der Waals surface area (Å²) in [5, 5.41) is 69.4. The van der Waals surface area contributed by atoms with Crippen LogP contribution in [0.25, 0.3) is 34.9 Å². The average molecular weight is 1550 g/mol. The molecular formula is C76H88B3Cl6N15O6. The minimum Gasteiger partial charge on any atom is -0.437 e. The Hall–Kier alpha value is -6.59. The first-order chi connectivity index (χ1) is 50.0. The molecule has 15 rings (SSSR count). The second-order valence-electron chi connectivity index (χ2n) is 28.5. The van der Waals surface area contributed by atoms with E-state index in [-0.39, 0.29) is 25.6 Å². The van der Waals surface area contributed by atoms with Crippen molar-refractivity contribution < 1.29 is 30.4 Å². The van der Waals surface area contributed by atoms with E-state index in [9.17, 15) is 30.4 Å². The second-order valence-corrected chi connectivity index (χ2v) is 31.1. The number of halogens is 6. The van der Waals surface area contributed by atoms with Crippen molar-refractivity contribution >= 4 is 126 Å². The molecule has 3 aliphatic heterocycles. The number of piperazine rings is 3. The van der Waals surface area contributed by atoms with E-state index in [0.29, 0.717) is 63.9 Å². The Morgan fingerprint density at radius 3 is 0.830 bits per heavy atom. The van der Waals surface area contributed by atoms with Crippen molar-refractivity contribution in [1.29, 1.82) is 0 Å². The SMILES string of the molecule is C.CB(O)N1CCN([C@@H]2c3ccc(Cl)cc3C=C(C(C)(O)c3cncn3C)c3cc(Cl)cnc32)CC1.CB(O)N1CCN([C@@H]2c3ccc(Cl)cc3C=C(C(C)(O)c3cncn3C)c3cc(Cl)cnc32)CC1.CB(O)N1CCN([C@@H]2c3ccc(Cl)cc3C=C(C(C)(O)c3cncn3C)c3cc(Cl)cnc32)CC1. The summed E-state index contributed by atoms with van der Waals surface area (Å²) >= 11 is 38.8. The predicted molar refractivity (Wildman–Crippen MR) is 427 cm³/mol. The van der Waals surface area contributed by atoms with E-state index in [1.165, 1.54) is 0 Å². The van der Waals surface area contributed by atoms with Gasteiger partial charge in [0.2, 0.25) is 0 Å². The number of rotatable bonds is 12. The van der Waals surface area contributed by atoms with Gasteiger partial charge < -0.3 is 58.5 Å². The molecule has 9 heterocycles. The number of imidazole rings is 3. The topological polar surface area (TPSA) is 233 Å². The van der Waals surface area contributed by atoms with E-state index in [1.54, 1.807) is 97.4 Å². The lowest BCUT2D eigenvalue weighted by Crippen LogP contribution is -2.52. The van der Waals surface area contributed by atoms with Crippen molar-refractivity contribution in [3.63, 3.8) is 0 Å². The van der Waals surface area contributed by atoms with Crippen LogP contribution in [0, 0.1) is 0 Å². The number of hydrogen-bond donors (Lipinski definition) is 6. The van der Waals surface area contributed by atoms with Crippen LogP contribution >= 0.6 is 69.6 Å². The van der Waals surface area contributed by atoms with Crippen molar-refractivity contribution in [3.8, 4) is 0 Å². The molecule has 6 N–H and O–H groups in total. The quantitative estimate of drug-likeness (QED) is 0.0624. The lowest BCUT2D eigenvalue weighted by molar-refractivity contribution is 0.114. The van der Waals surface area contributed by atoms with Gasteiger partial charge in [-0.2, -0.15) is 0 Å². The maximum absolute atomic E-state index is 11.9. The predicted octanol–water partition coefficient (Wildman–Crippen LogP) is 11.7. The fraction of sp³-hybridized carbons (Fsp3) is 0.368. The number of benzene rings is 3. The maximum Gasteiger partial charge on any atom is 0.376 e. The largest absolute Gasteiger partial charge is 0.437 e. The molecule has 6 aliphatic rings. The van der Waals surface area contributed by atoms with Crippen molar-refractivity contribution in [2.45, 2.75) is 83.6 Å². The molecule has 30 heteroatoms. The number of pyridine rings is 3. The molecule has 0 bridgehead atoms. The highest BCUT2D eigenvalue weighted by molar-refractivity contribution is 6.46. The fourth-order valence-electron chi connectivity index (χ4n) is 15.9. The van der Waals surface area contributed by atoms with Crippen molar-refractivity contribution in [1.82, 2.24) is 72.7 Å². The Morgan fingerprint density at radius 2 is 0.613 bits per heavy atom. The minimum atomic E-state index is -1.37. The first-order valence-electron chi connectivity index (χ1n) is 35.1. The van der Waals surface area contributed by atoms with Gasteiger partial charge in [-0.1, -0.05) is 95.2 Å². The molecule has 3 aromatic carbocycles. The van der Waals surface area contributed by atoms with Crippen LogP contribution in [-0.2, 0) is 37.9 Å². The normalized spacial score (nSPS) is 20.2. The molecule has 0 amide bonds. The molecule has 21 nitrogen and oxygen atoms in total. The number of aromatic nitrogens is 9. The zero-order valence-electron chi connectivity index (χ0n) is 60.0. The van der Waals surface area contributed by atoms with Crippen LogP contribution < -0.4 is 0 Å². The third-order valence-electron chi connectivity index (χ3n) is 21.5. The molecule has 0 saturated carbocycles. The van der Waals surface area contributed by atoms with E-state index >= 15 is 0 Å². The molecular weight excluding hydrogens is 1460 g/mol. The van der Waals surface area contributed by atoms with Gasteiger partial charge in [-0.3, -0.25) is 29.7 Å². The van der Waals surface area contributed by atoms with Gasteiger partial charge in [-0.15, -0.1) is 0 Å². The van der Waals surface area contributed by atoms with Gasteiger partial charge in [-0.05, 0) is 164 Å². The van der Waals surface area contributed by atoms with E-state index in [0.717, 1.165) is 146 Å². The van der Waals surface area contributed by atoms with Crippen LogP contribution in [0.5, 0.6) is 0 Å². The van der Waals surface area contributed by atoms with Crippen LogP contribution in [0.4, 0.5) is 0 Å². The van der Waals surface area contributed by atoms with Crippen molar-refractivity contribution in [3.05, 3.63) is 243 Å². The van der Waals surface area contributed by atoms with E-state index in [2.05, 4.69) is 44.1 Å². The van der Waals surface area contributed by atoms with Crippen molar-refractivity contribution in [2.24, 2.45) is 21.1 Å². The summed E-state index contributed by atoms with van der Waals surface area (Å²) in [6.45, 7) is 19.7. The summed E-state index contributed by atoms with van der Waals surface area (Å²) in [6.07, 6.45) is 21.0. The Kier molecular flexibility index (Phi) is 24.0. The highest BCUT2D eigenvalue weighted by Crippen LogP contribution is 2.51. The van der Waals surface area contributed by atoms with Gasteiger partial charge in [-0.25, -0.2) is 15.0 Å². The summed E-state index contributed by atoms with van der Waals surface area (Å²) in [7, 11) is 4.14. The molecule has 6 atom stereocenters. The Morgan fingerprint density at radius 1 is 0.368 bits per heavy atom. The highest BCUT2D eigenvalue weighted by atomic mass is 35.5. The summed E-state index contributed by atoms with van der Waals surface area (Å²) in [5.41, 5.74) is 10.7. The molecule has 3 aliphatic carbocycles. The minimum absolute atomic E-state index is 0. The highest BCUT2D eigenvalue weighted by Gasteiger charge is 2.44. The Bertz CT molecular complexity index is 4320. The molecule has 106 heavy (non-hydrogen) atoms. The third-order valence-corrected chi connectivity index (χ3v) is 22.8. The lowest BCUT2D eigenvalue weighted by atomic mass is 9.83. The Balaban J connectivity index is 0.000000148. The van der Waals surface area contributed by atoms with Crippen LogP contribution in [0.1, 0.15) is 131 Å². The average Bonchev–Trinajstić information content (AvgIpc) is 1.60.